The molecule has 0 fully saturated rings. The molecular weight excluding hydrogens is 415 g/mol. The molecule has 3 aromatic rings. The van der Waals surface area contributed by atoms with Crippen molar-refractivity contribution in [1.29, 1.82) is 0 Å². The van der Waals surface area contributed by atoms with Gasteiger partial charge in [0.2, 0.25) is 0 Å². The first-order chi connectivity index (χ1) is 15.6. The topological polar surface area (TPSA) is 27.7 Å². The summed E-state index contributed by atoms with van der Waals surface area (Å²) in [5.41, 5.74) is 0. The fourth-order valence-electron chi connectivity index (χ4n) is 4.14. The first kappa shape index (κ1) is 24.0. The van der Waals surface area contributed by atoms with Gasteiger partial charge < -0.3 is 14.2 Å². The average Bonchev–Trinajstić information content (AvgIpc) is 2.86. The Bertz CT molecular complexity index is 899. The number of benzene rings is 3. The molecule has 1 atom stereocenters. The van der Waals surface area contributed by atoms with E-state index in [2.05, 4.69) is 92.4 Å². The molecule has 3 aromatic carbocycles. The fourth-order valence-corrected chi connectivity index (χ4v) is 8.32. The molecule has 4 heteroatoms. The molecule has 0 aliphatic heterocycles. The van der Waals surface area contributed by atoms with Crippen molar-refractivity contribution >= 4 is 28.6 Å². The van der Waals surface area contributed by atoms with Crippen LogP contribution in [0.3, 0.4) is 0 Å². The van der Waals surface area contributed by atoms with E-state index in [0.717, 1.165) is 17.2 Å². The Balaban J connectivity index is 2.32. The fraction of sp³-hybridized carbons (Fsp3) is 0.321. The van der Waals surface area contributed by atoms with Crippen molar-refractivity contribution in [2.45, 2.75) is 33.1 Å². The highest BCUT2D eigenvalue weighted by Crippen LogP contribution is 2.46. The van der Waals surface area contributed by atoms with Crippen LogP contribution in [0.15, 0.2) is 72.8 Å². The molecule has 3 rings (SSSR count). The van der Waals surface area contributed by atoms with E-state index in [0.29, 0.717) is 5.92 Å². The van der Waals surface area contributed by atoms with Crippen molar-refractivity contribution < 1.29 is 14.2 Å². The van der Waals surface area contributed by atoms with E-state index in [-0.39, 0.29) is 0 Å². The second-order valence-corrected chi connectivity index (χ2v) is 11.4. The van der Waals surface area contributed by atoms with Gasteiger partial charge in [0, 0.05) is 0 Å². The first-order valence-electron chi connectivity index (χ1n) is 11.3. The molecule has 0 spiro atoms. The second kappa shape index (κ2) is 11.3. The van der Waals surface area contributed by atoms with E-state index in [1.54, 1.807) is 21.3 Å². The Labute approximate surface area is 193 Å². The molecule has 170 valence electrons. The van der Waals surface area contributed by atoms with Gasteiger partial charge in [-0.15, -0.1) is 0 Å². The number of rotatable bonds is 10. The Hall–Kier alpha value is -2.64. The molecule has 0 aromatic heterocycles. The minimum atomic E-state index is -2.03. The van der Waals surface area contributed by atoms with E-state index in [1.165, 1.54) is 35.2 Å². The van der Waals surface area contributed by atoms with Crippen LogP contribution in [0, 0.1) is 5.92 Å². The number of unbranched alkanes of at least 4 members (excludes halogenated alkanes) is 1. The van der Waals surface area contributed by atoms with E-state index >= 15 is 0 Å². The number of hydrogen-bond donors (Lipinski definition) is 0. The predicted octanol–water partition coefficient (Wildman–Crippen LogP) is 5.63. The number of ether oxygens (including phenoxy) is 3. The molecule has 0 aliphatic rings. The predicted molar refractivity (Wildman–Crippen MR) is 140 cm³/mol. The zero-order valence-electron chi connectivity index (χ0n) is 19.9. The quantitative estimate of drug-likeness (QED) is 0.375. The summed E-state index contributed by atoms with van der Waals surface area (Å²) in [4.78, 5) is 0. The lowest BCUT2D eigenvalue weighted by Crippen LogP contribution is -2.28. The molecule has 0 radical (unpaired) electrons. The minimum absolute atomic E-state index is 0.481. The van der Waals surface area contributed by atoms with E-state index in [1.807, 2.05) is 0 Å². The van der Waals surface area contributed by atoms with Crippen molar-refractivity contribution in [2.75, 3.05) is 21.3 Å². The Morgan fingerprint density at radius 3 is 1.28 bits per heavy atom. The molecule has 0 N–H and O–H groups in total. The summed E-state index contributed by atoms with van der Waals surface area (Å²) in [7, 11) is 5.13. The van der Waals surface area contributed by atoms with Gasteiger partial charge in [-0.1, -0.05) is 68.9 Å². The molecule has 3 nitrogen and oxygen atoms in total. The van der Waals surface area contributed by atoms with Gasteiger partial charge in [-0.2, -0.15) is 0 Å². The molecule has 0 bridgehead atoms. The summed E-state index contributed by atoms with van der Waals surface area (Å²) in [5, 5.41) is 3.95. The highest BCUT2D eigenvalue weighted by Gasteiger charge is 2.26. The summed E-state index contributed by atoms with van der Waals surface area (Å²) in [5.74, 6) is 5.71. The smallest absolute Gasteiger partial charge is 0.118 e. The SMILES string of the molecule is CCCCC(C)C=P(c1ccc(OC)cc1)(c1ccc(OC)cc1)c1ccc(OC)cc1. The van der Waals surface area contributed by atoms with Crippen molar-refractivity contribution in [1.82, 2.24) is 0 Å². The summed E-state index contributed by atoms with van der Waals surface area (Å²) < 4.78 is 16.4. The maximum absolute atomic E-state index is 5.46. The van der Waals surface area contributed by atoms with E-state index in [9.17, 15) is 0 Å². The van der Waals surface area contributed by atoms with Crippen molar-refractivity contribution in [2.24, 2.45) is 5.92 Å². The molecule has 0 saturated heterocycles. The second-order valence-electron chi connectivity index (χ2n) is 8.09. The van der Waals surface area contributed by atoms with Crippen LogP contribution in [0.2, 0.25) is 0 Å². The van der Waals surface area contributed by atoms with Gasteiger partial charge in [0.25, 0.3) is 0 Å². The summed E-state index contributed by atoms with van der Waals surface area (Å²) in [6.45, 7) is 2.57. The number of hydrogen-bond acceptors (Lipinski definition) is 3. The van der Waals surface area contributed by atoms with E-state index in [4.69, 9.17) is 14.2 Å². The molecule has 1 unspecified atom stereocenters. The lowest BCUT2D eigenvalue weighted by Gasteiger charge is -2.30. The maximum atomic E-state index is 5.46. The molecule has 0 amide bonds. The molecule has 0 heterocycles. The summed E-state index contributed by atoms with van der Waals surface area (Å²) >= 11 is 0. The van der Waals surface area contributed by atoms with Gasteiger partial charge in [-0.05, 0) is 71.5 Å². The van der Waals surface area contributed by atoms with Gasteiger partial charge >= 0.3 is 0 Å². The zero-order valence-corrected chi connectivity index (χ0v) is 20.8. The first-order valence-corrected chi connectivity index (χ1v) is 13.1. The van der Waals surface area contributed by atoms with Crippen molar-refractivity contribution in [3.63, 3.8) is 0 Å². The van der Waals surface area contributed by atoms with Gasteiger partial charge in [0.05, 0.1) is 21.3 Å². The van der Waals surface area contributed by atoms with Crippen LogP contribution in [0.1, 0.15) is 33.1 Å². The largest absolute Gasteiger partial charge is 0.497 e. The Morgan fingerprint density at radius 1 is 0.656 bits per heavy atom. The van der Waals surface area contributed by atoms with E-state index < -0.39 is 6.89 Å². The summed E-state index contributed by atoms with van der Waals surface area (Å²) in [6, 6.07) is 25.8. The number of methoxy groups -OCH3 is 3. The molecule has 0 aliphatic carbocycles. The van der Waals surface area contributed by atoms with Crippen LogP contribution in [-0.4, -0.2) is 27.1 Å². The molecular formula is C28H35O3P. The Kier molecular flexibility index (Phi) is 8.47. The Morgan fingerprint density at radius 2 is 1.00 bits per heavy atom. The average molecular weight is 451 g/mol. The van der Waals surface area contributed by atoms with Gasteiger partial charge in [-0.25, -0.2) is 0 Å². The van der Waals surface area contributed by atoms with Crippen molar-refractivity contribution in [3.05, 3.63) is 72.8 Å². The highest BCUT2D eigenvalue weighted by molar-refractivity contribution is 7.94. The van der Waals surface area contributed by atoms with Crippen LogP contribution in [0.4, 0.5) is 0 Å². The van der Waals surface area contributed by atoms with Crippen LogP contribution < -0.4 is 30.1 Å². The van der Waals surface area contributed by atoms with Crippen LogP contribution in [0.5, 0.6) is 17.2 Å². The third-order valence-electron chi connectivity index (χ3n) is 5.93. The molecule has 32 heavy (non-hydrogen) atoms. The minimum Gasteiger partial charge on any atom is -0.497 e. The summed E-state index contributed by atoms with van der Waals surface area (Å²) in [6.07, 6.45) is 3.61. The monoisotopic (exact) mass is 450 g/mol. The standard InChI is InChI=1S/C28H35O3P/c1-6-7-8-22(2)21-32(26-15-9-23(29-3)10-16-26,27-17-11-24(30-4)12-18-27)28-19-13-25(31-5)14-20-28/h9-22H,6-8H2,1-5H3. The van der Waals surface area contributed by atoms with Crippen LogP contribution >= 0.6 is 6.89 Å². The highest BCUT2D eigenvalue weighted by atomic mass is 31.2. The molecule has 0 saturated carbocycles. The van der Waals surface area contributed by atoms with Crippen LogP contribution in [0.25, 0.3) is 0 Å². The lowest BCUT2D eigenvalue weighted by molar-refractivity contribution is 0.415. The normalized spacial score (nSPS) is 12.2. The third-order valence-corrected chi connectivity index (χ3v) is 10.2. The van der Waals surface area contributed by atoms with Gasteiger partial charge in [0.15, 0.2) is 0 Å². The third kappa shape index (κ3) is 5.22. The van der Waals surface area contributed by atoms with Gasteiger partial charge in [-0.3, -0.25) is 0 Å². The van der Waals surface area contributed by atoms with Gasteiger partial charge in [0.1, 0.15) is 17.2 Å². The van der Waals surface area contributed by atoms with Crippen molar-refractivity contribution in [3.8, 4) is 17.2 Å². The maximum Gasteiger partial charge on any atom is 0.118 e. The van der Waals surface area contributed by atoms with Crippen LogP contribution in [-0.2, 0) is 0 Å². The lowest BCUT2D eigenvalue weighted by atomic mass is 10.1. The zero-order chi connectivity index (χ0) is 23.0.